The number of benzene rings is 2. The third-order valence-corrected chi connectivity index (χ3v) is 3.23. The van der Waals surface area contributed by atoms with Gasteiger partial charge in [0.15, 0.2) is 17.2 Å². The zero-order chi connectivity index (χ0) is 15.2. The molecular weight excluding hydrogens is 332 g/mol. The molecule has 0 atom stereocenters. The summed E-state index contributed by atoms with van der Waals surface area (Å²) in [5.74, 6) is -0.527. The summed E-state index contributed by atoms with van der Waals surface area (Å²) < 4.78 is 0.927. The highest BCUT2D eigenvalue weighted by atomic mass is 79.9. The highest BCUT2D eigenvalue weighted by Gasteiger charge is 2.12. The molecule has 0 aliphatic rings. The summed E-state index contributed by atoms with van der Waals surface area (Å²) in [6.45, 7) is 1.34. The number of rotatable bonds is 4. The van der Waals surface area contributed by atoms with Crippen molar-refractivity contribution < 1.29 is 9.90 Å². The highest BCUT2D eigenvalue weighted by molar-refractivity contribution is 9.10. The van der Waals surface area contributed by atoms with Crippen LogP contribution in [0.5, 0.6) is 0 Å². The quantitative estimate of drug-likeness (QED) is 0.479. The van der Waals surface area contributed by atoms with E-state index in [0.29, 0.717) is 11.3 Å². The second-order valence-electron chi connectivity index (χ2n) is 4.30. The van der Waals surface area contributed by atoms with Crippen molar-refractivity contribution >= 4 is 33.2 Å². The van der Waals surface area contributed by atoms with Gasteiger partial charge in [0.05, 0.1) is 5.69 Å². The van der Waals surface area contributed by atoms with E-state index in [-0.39, 0.29) is 17.2 Å². The fourth-order valence-corrected chi connectivity index (χ4v) is 1.90. The lowest BCUT2D eigenvalue weighted by Gasteiger charge is -2.03. The van der Waals surface area contributed by atoms with E-state index < -0.39 is 0 Å². The molecule has 0 saturated heterocycles. The van der Waals surface area contributed by atoms with Gasteiger partial charge in [0, 0.05) is 17.0 Å². The minimum absolute atomic E-state index is 0.0656. The third-order valence-electron chi connectivity index (χ3n) is 2.70. The molecule has 0 radical (unpaired) electrons. The molecule has 0 aliphatic carbocycles. The topological polar surface area (TPSA) is 62.0 Å². The summed E-state index contributed by atoms with van der Waals surface area (Å²) in [7, 11) is 0. The van der Waals surface area contributed by atoms with Gasteiger partial charge in [0.25, 0.3) is 0 Å². The molecule has 2 rings (SSSR count). The molecule has 0 saturated carbocycles. The van der Waals surface area contributed by atoms with E-state index in [1.807, 2.05) is 18.2 Å². The van der Waals surface area contributed by atoms with Gasteiger partial charge in [-0.25, -0.2) is 0 Å². The summed E-state index contributed by atoms with van der Waals surface area (Å²) in [5, 5.41) is 18.0. The van der Waals surface area contributed by atoms with Crippen molar-refractivity contribution in [1.29, 1.82) is 0 Å². The van der Waals surface area contributed by atoms with Crippen molar-refractivity contribution in [2.45, 2.75) is 6.92 Å². The summed E-state index contributed by atoms with van der Waals surface area (Å²) in [5.41, 5.74) is 1.05. The molecule has 0 bridgehead atoms. The first-order valence-electron chi connectivity index (χ1n) is 6.25. The Morgan fingerprint density at radius 3 is 2.24 bits per heavy atom. The van der Waals surface area contributed by atoms with Crippen LogP contribution >= 0.6 is 15.9 Å². The molecular formula is C16H13BrN2O2. The second-order valence-corrected chi connectivity index (χ2v) is 5.21. The number of aliphatic hydroxyl groups excluding tert-OH is 1. The smallest absolute Gasteiger partial charge is 0.183 e. The van der Waals surface area contributed by atoms with Gasteiger partial charge >= 0.3 is 0 Å². The maximum atomic E-state index is 11.7. The van der Waals surface area contributed by atoms with Crippen LogP contribution in [-0.2, 0) is 4.79 Å². The molecule has 0 aromatic heterocycles. The monoisotopic (exact) mass is 344 g/mol. The zero-order valence-corrected chi connectivity index (χ0v) is 12.9. The van der Waals surface area contributed by atoms with E-state index in [4.69, 9.17) is 0 Å². The molecule has 0 unspecified atom stereocenters. The molecule has 1 N–H and O–H groups in total. The van der Waals surface area contributed by atoms with Crippen LogP contribution in [0.1, 0.15) is 12.5 Å². The third kappa shape index (κ3) is 4.10. The van der Waals surface area contributed by atoms with Gasteiger partial charge in [-0.05, 0) is 24.3 Å². The van der Waals surface area contributed by atoms with Crippen LogP contribution in [-0.4, -0.2) is 10.9 Å². The Kier molecular flexibility index (Phi) is 5.00. The standard InChI is InChI=1S/C16H13BrN2O2/c1-11(20)15(16(21)12-5-3-2-4-6-12)19-18-14-9-7-13(17)8-10-14/h2-10,21H,1H3. The van der Waals surface area contributed by atoms with Gasteiger partial charge in [-0.15, -0.1) is 5.11 Å². The number of aliphatic hydroxyl groups is 1. The largest absolute Gasteiger partial charge is 0.505 e. The Balaban J connectivity index is 2.36. The fourth-order valence-electron chi connectivity index (χ4n) is 1.63. The Morgan fingerprint density at radius 2 is 1.67 bits per heavy atom. The molecule has 5 heteroatoms. The van der Waals surface area contributed by atoms with Crippen LogP contribution in [0.15, 0.2) is 75.0 Å². The first kappa shape index (κ1) is 15.1. The van der Waals surface area contributed by atoms with Crippen molar-refractivity contribution in [2.24, 2.45) is 10.2 Å². The van der Waals surface area contributed by atoms with Crippen LogP contribution in [0, 0.1) is 0 Å². The predicted molar refractivity (Wildman–Crippen MR) is 85.3 cm³/mol. The molecule has 106 valence electrons. The minimum Gasteiger partial charge on any atom is -0.505 e. The average molecular weight is 345 g/mol. The number of azo groups is 1. The average Bonchev–Trinajstić information content (AvgIpc) is 2.49. The normalized spacial score (nSPS) is 12.3. The van der Waals surface area contributed by atoms with Gasteiger partial charge in [0.2, 0.25) is 0 Å². The number of Topliss-reactive ketones (excluding diaryl/α,β-unsaturated/α-hetero) is 1. The van der Waals surface area contributed by atoms with Crippen LogP contribution in [0.3, 0.4) is 0 Å². The number of carbonyl (C=O) groups excluding carboxylic acids is 1. The van der Waals surface area contributed by atoms with E-state index in [2.05, 4.69) is 26.2 Å². The molecule has 4 nitrogen and oxygen atoms in total. The Hall–Kier alpha value is -2.27. The van der Waals surface area contributed by atoms with Crippen molar-refractivity contribution in [3.8, 4) is 0 Å². The molecule has 0 amide bonds. The van der Waals surface area contributed by atoms with E-state index in [9.17, 15) is 9.90 Å². The van der Waals surface area contributed by atoms with Crippen LogP contribution in [0.2, 0.25) is 0 Å². The Bertz CT molecular complexity index is 692. The highest BCUT2D eigenvalue weighted by Crippen LogP contribution is 2.21. The van der Waals surface area contributed by atoms with Gasteiger partial charge in [0.1, 0.15) is 0 Å². The lowest BCUT2D eigenvalue weighted by molar-refractivity contribution is -0.113. The number of carbonyl (C=O) groups is 1. The lowest BCUT2D eigenvalue weighted by Crippen LogP contribution is -1.98. The van der Waals surface area contributed by atoms with E-state index in [0.717, 1.165) is 4.47 Å². The molecule has 0 heterocycles. The SMILES string of the molecule is CC(=O)C(N=Nc1ccc(Br)cc1)=C(O)c1ccccc1. The van der Waals surface area contributed by atoms with E-state index >= 15 is 0 Å². The van der Waals surface area contributed by atoms with Crippen molar-refractivity contribution in [3.05, 3.63) is 70.3 Å². The number of ketones is 1. The van der Waals surface area contributed by atoms with Crippen LogP contribution in [0.4, 0.5) is 5.69 Å². The molecule has 2 aromatic rings. The number of halogens is 1. The molecule has 0 fully saturated rings. The number of allylic oxidation sites excluding steroid dienone is 1. The van der Waals surface area contributed by atoms with Gasteiger partial charge in [-0.2, -0.15) is 5.11 Å². The maximum absolute atomic E-state index is 11.7. The summed E-state index contributed by atoms with van der Waals surface area (Å²) in [4.78, 5) is 11.7. The van der Waals surface area contributed by atoms with Crippen LogP contribution < -0.4 is 0 Å². The minimum atomic E-state index is -0.350. The van der Waals surface area contributed by atoms with Crippen molar-refractivity contribution in [3.63, 3.8) is 0 Å². The summed E-state index contributed by atoms with van der Waals surface area (Å²) in [6.07, 6.45) is 0. The van der Waals surface area contributed by atoms with Crippen LogP contribution in [0.25, 0.3) is 5.76 Å². The lowest BCUT2D eigenvalue weighted by atomic mass is 10.1. The van der Waals surface area contributed by atoms with E-state index in [1.54, 1.807) is 36.4 Å². The molecule has 0 aliphatic heterocycles. The first-order valence-corrected chi connectivity index (χ1v) is 7.04. The van der Waals surface area contributed by atoms with Gasteiger partial charge in [-0.3, -0.25) is 4.79 Å². The zero-order valence-electron chi connectivity index (χ0n) is 11.3. The number of hydrogen-bond donors (Lipinski definition) is 1. The molecule has 21 heavy (non-hydrogen) atoms. The molecule has 0 spiro atoms. The molecule has 2 aromatic carbocycles. The Morgan fingerprint density at radius 1 is 1.05 bits per heavy atom. The maximum Gasteiger partial charge on any atom is 0.183 e. The summed E-state index contributed by atoms with van der Waals surface area (Å²) >= 11 is 3.33. The number of hydrogen-bond acceptors (Lipinski definition) is 4. The fraction of sp³-hybridized carbons (Fsp3) is 0.0625. The van der Waals surface area contributed by atoms with E-state index in [1.165, 1.54) is 6.92 Å². The first-order chi connectivity index (χ1) is 10.1. The van der Waals surface area contributed by atoms with Gasteiger partial charge in [-0.1, -0.05) is 46.3 Å². The van der Waals surface area contributed by atoms with Crippen molar-refractivity contribution in [2.75, 3.05) is 0 Å². The Labute approximate surface area is 131 Å². The summed E-state index contributed by atoms with van der Waals surface area (Å²) in [6, 6.07) is 15.9. The predicted octanol–water partition coefficient (Wildman–Crippen LogP) is 5.05. The van der Waals surface area contributed by atoms with Gasteiger partial charge < -0.3 is 5.11 Å². The van der Waals surface area contributed by atoms with Crippen molar-refractivity contribution in [1.82, 2.24) is 0 Å². The number of nitrogens with zero attached hydrogens (tertiary/aromatic N) is 2. The second kappa shape index (κ2) is 6.95.